The smallest absolute Gasteiger partial charge is 0.191 e. The predicted octanol–water partition coefficient (Wildman–Crippen LogP) is 2.83. The van der Waals surface area contributed by atoms with Crippen molar-refractivity contribution in [3.05, 3.63) is 33.8 Å². The van der Waals surface area contributed by atoms with E-state index in [1.54, 1.807) is 0 Å². The Morgan fingerprint density at radius 1 is 1.39 bits per heavy atom. The molecule has 1 saturated carbocycles. The summed E-state index contributed by atoms with van der Waals surface area (Å²) in [5.74, 6) is 1.75. The highest BCUT2D eigenvalue weighted by Gasteiger charge is 2.20. The molecule has 1 aromatic carbocycles. The normalized spacial score (nSPS) is 15.6. The van der Waals surface area contributed by atoms with Crippen LogP contribution in [0.4, 0.5) is 0 Å². The second-order valence-electron chi connectivity index (χ2n) is 4.82. The molecule has 0 atom stereocenters. The molecule has 0 radical (unpaired) electrons. The molecule has 0 spiro atoms. The SMILES string of the molecule is CN=C(NCc1ccc(Br)cc1C)NCC1CC1. The Balaban J connectivity index is 1.84. The van der Waals surface area contributed by atoms with Crippen LogP contribution in [-0.2, 0) is 6.54 Å². The third-order valence-corrected chi connectivity index (χ3v) is 3.72. The molecule has 0 aromatic heterocycles. The molecule has 1 fully saturated rings. The van der Waals surface area contributed by atoms with Crippen molar-refractivity contribution < 1.29 is 0 Å². The molecule has 4 heteroatoms. The Hall–Kier alpha value is -1.03. The van der Waals surface area contributed by atoms with E-state index in [2.05, 4.69) is 56.7 Å². The van der Waals surface area contributed by atoms with Crippen molar-refractivity contribution in [3.8, 4) is 0 Å². The van der Waals surface area contributed by atoms with Crippen LogP contribution < -0.4 is 10.6 Å². The zero-order chi connectivity index (χ0) is 13.0. The van der Waals surface area contributed by atoms with Gasteiger partial charge in [0.2, 0.25) is 0 Å². The van der Waals surface area contributed by atoms with Gasteiger partial charge in [0, 0.05) is 24.6 Å². The molecule has 0 heterocycles. The first kappa shape index (κ1) is 13.4. The van der Waals surface area contributed by atoms with Crippen molar-refractivity contribution in [1.82, 2.24) is 10.6 Å². The lowest BCUT2D eigenvalue weighted by atomic mass is 10.1. The first-order valence-electron chi connectivity index (χ1n) is 6.38. The molecular formula is C14H20BrN3. The molecule has 98 valence electrons. The standard InChI is InChI=1S/C14H20BrN3/c1-10-7-13(15)6-5-12(10)9-18-14(16-2)17-8-11-3-4-11/h5-7,11H,3-4,8-9H2,1-2H3,(H2,16,17,18). The molecule has 2 N–H and O–H groups in total. The number of aryl methyl sites for hydroxylation is 1. The molecule has 0 aliphatic heterocycles. The first-order valence-corrected chi connectivity index (χ1v) is 7.18. The molecular weight excluding hydrogens is 290 g/mol. The molecule has 2 rings (SSSR count). The number of hydrogen-bond donors (Lipinski definition) is 2. The molecule has 3 nitrogen and oxygen atoms in total. The van der Waals surface area contributed by atoms with Gasteiger partial charge in [0.25, 0.3) is 0 Å². The largest absolute Gasteiger partial charge is 0.356 e. The van der Waals surface area contributed by atoms with Gasteiger partial charge in [-0.1, -0.05) is 22.0 Å². The maximum Gasteiger partial charge on any atom is 0.191 e. The third-order valence-electron chi connectivity index (χ3n) is 3.23. The van der Waals surface area contributed by atoms with Crippen molar-refractivity contribution in [2.24, 2.45) is 10.9 Å². The number of nitrogens with one attached hydrogen (secondary N) is 2. The van der Waals surface area contributed by atoms with E-state index in [-0.39, 0.29) is 0 Å². The lowest BCUT2D eigenvalue weighted by molar-refractivity contribution is 0.736. The summed E-state index contributed by atoms with van der Waals surface area (Å²) >= 11 is 3.48. The van der Waals surface area contributed by atoms with Crippen LogP contribution >= 0.6 is 15.9 Å². The summed E-state index contributed by atoms with van der Waals surface area (Å²) in [5.41, 5.74) is 2.59. The van der Waals surface area contributed by atoms with E-state index in [1.165, 1.54) is 24.0 Å². The summed E-state index contributed by atoms with van der Waals surface area (Å²) in [6.45, 7) is 3.98. The number of nitrogens with zero attached hydrogens (tertiary/aromatic N) is 1. The van der Waals surface area contributed by atoms with E-state index >= 15 is 0 Å². The zero-order valence-electron chi connectivity index (χ0n) is 11.0. The van der Waals surface area contributed by atoms with Gasteiger partial charge in [-0.15, -0.1) is 0 Å². The quantitative estimate of drug-likeness (QED) is 0.663. The number of rotatable bonds is 4. The minimum absolute atomic E-state index is 0.809. The van der Waals surface area contributed by atoms with Crippen LogP contribution in [0, 0.1) is 12.8 Å². The number of guanidine groups is 1. The van der Waals surface area contributed by atoms with Crippen LogP contribution in [0.25, 0.3) is 0 Å². The summed E-state index contributed by atoms with van der Waals surface area (Å²) in [7, 11) is 1.82. The summed E-state index contributed by atoms with van der Waals surface area (Å²) in [5, 5.41) is 6.71. The highest BCUT2D eigenvalue weighted by molar-refractivity contribution is 9.10. The average molecular weight is 310 g/mol. The van der Waals surface area contributed by atoms with Gasteiger partial charge in [0.15, 0.2) is 5.96 Å². The van der Waals surface area contributed by atoms with Gasteiger partial charge in [0.05, 0.1) is 0 Å². The Morgan fingerprint density at radius 3 is 2.78 bits per heavy atom. The lowest BCUT2D eigenvalue weighted by Gasteiger charge is -2.13. The van der Waals surface area contributed by atoms with Crippen molar-refractivity contribution in [2.75, 3.05) is 13.6 Å². The fourth-order valence-electron chi connectivity index (χ4n) is 1.82. The van der Waals surface area contributed by atoms with Gasteiger partial charge in [-0.3, -0.25) is 4.99 Å². The Morgan fingerprint density at radius 2 is 2.17 bits per heavy atom. The molecule has 1 aliphatic rings. The lowest BCUT2D eigenvalue weighted by Crippen LogP contribution is -2.37. The molecule has 1 aromatic rings. The van der Waals surface area contributed by atoms with E-state index in [0.29, 0.717) is 0 Å². The van der Waals surface area contributed by atoms with E-state index in [4.69, 9.17) is 0 Å². The maximum absolute atomic E-state index is 4.24. The highest BCUT2D eigenvalue weighted by atomic mass is 79.9. The van der Waals surface area contributed by atoms with Gasteiger partial charge in [-0.2, -0.15) is 0 Å². The van der Waals surface area contributed by atoms with E-state index in [0.717, 1.165) is 29.4 Å². The Kier molecular flexibility index (Phi) is 4.64. The number of aliphatic imine (C=N–C) groups is 1. The predicted molar refractivity (Wildman–Crippen MR) is 79.8 cm³/mol. The monoisotopic (exact) mass is 309 g/mol. The van der Waals surface area contributed by atoms with Crippen LogP contribution in [0.3, 0.4) is 0 Å². The fourth-order valence-corrected chi connectivity index (χ4v) is 2.30. The summed E-state index contributed by atoms with van der Waals surface area (Å²) < 4.78 is 1.12. The molecule has 0 unspecified atom stereocenters. The molecule has 0 bridgehead atoms. The summed E-state index contributed by atoms with van der Waals surface area (Å²) in [6, 6.07) is 6.35. The van der Waals surface area contributed by atoms with Crippen LogP contribution in [0.1, 0.15) is 24.0 Å². The van der Waals surface area contributed by atoms with Gasteiger partial charge in [-0.05, 0) is 48.9 Å². The van der Waals surface area contributed by atoms with Gasteiger partial charge < -0.3 is 10.6 Å². The number of benzene rings is 1. The van der Waals surface area contributed by atoms with Crippen LogP contribution in [0.2, 0.25) is 0 Å². The summed E-state index contributed by atoms with van der Waals surface area (Å²) in [4.78, 5) is 4.24. The van der Waals surface area contributed by atoms with E-state index in [1.807, 2.05) is 7.05 Å². The molecule has 0 saturated heterocycles. The fraction of sp³-hybridized carbons (Fsp3) is 0.500. The Labute approximate surface area is 117 Å². The van der Waals surface area contributed by atoms with Crippen molar-refractivity contribution in [1.29, 1.82) is 0 Å². The molecule has 1 aliphatic carbocycles. The second kappa shape index (κ2) is 6.23. The number of hydrogen-bond acceptors (Lipinski definition) is 1. The van der Waals surface area contributed by atoms with E-state index < -0.39 is 0 Å². The van der Waals surface area contributed by atoms with Crippen LogP contribution in [-0.4, -0.2) is 19.6 Å². The van der Waals surface area contributed by atoms with Gasteiger partial charge in [0.1, 0.15) is 0 Å². The van der Waals surface area contributed by atoms with Crippen molar-refractivity contribution in [3.63, 3.8) is 0 Å². The molecule has 0 amide bonds. The number of halogens is 1. The minimum Gasteiger partial charge on any atom is -0.356 e. The van der Waals surface area contributed by atoms with Crippen LogP contribution in [0.5, 0.6) is 0 Å². The second-order valence-corrected chi connectivity index (χ2v) is 5.74. The van der Waals surface area contributed by atoms with E-state index in [9.17, 15) is 0 Å². The third kappa shape index (κ3) is 4.02. The van der Waals surface area contributed by atoms with Crippen LogP contribution in [0.15, 0.2) is 27.7 Å². The molecule has 18 heavy (non-hydrogen) atoms. The van der Waals surface area contributed by atoms with Crippen molar-refractivity contribution in [2.45, 2.75) is 26.3 Å². The minimum atomic E-state index is 0.809. The van der Waals surface area contributed by atoms with Crippen molar-refractivity contribution >= 4 is 21.9 Å². The first-order chi connectivity index (χ1) is 8.69. The summed E-state index contributed by atoms with van der Waals surface area (Å²) in [6.07, 6.45) is 2.71. The Bertz CT molecular complexity index is 439. The van der Waals surface area contributed by atoms with Gasteiger partial charge >= 0.3 is 0 Å². The average Bonchev–Trinajstić information content (AvgIpc) is 3.15. The topological polar surface area (TPSA) is 36.4 Å². The zero-order valence-corrected chi connectivity index (χ0v) is 12.5. The van der Waals surface area contributed by atoms with Gasteiger partial charge in [-0.25, -0.2) is 0 Å². The maximum atomic E-state index is 4.24. The highest BCUT2D eigenvalue weighted by Crippen LogP contribution is 2.27.